The van der Waals surface area contributed by atoms with Gasteiger partial charge in [0.25, 0.3) is 5.91 Å². The van der Waals surface area contributed by atoms with Gasteiger partial charge < -0.3 is 9.73 Å². The topological polar surface area (TPSA) is 92.7 Å². The molecule has 0 spiro atoms. The molecule has 0 bridgehead atoms. The summed E-state index contributed by atoms with van der Waals surface area (Å²) >= 11 is 0. The highest BCUT2D eigenvalue weighted by atomic mass is 16.3. The molecule has 4 aromatic rings. The minimum absolute atomic E-state index is 0.387. The van der Waals surface area contributed by atoms with E-state index in [0.29, 0.717) is 23.4 Å². The van der Waals surface area contributed by atoms with E-state index in [-0.39, 0.29) is 5.91 Å². The molecule has 1 fully saturated rings. The van der Waals surface area contributed by atoms with E-state index in [4.69, 9.17) is 9.52 Å². The number of urea groups is 1. The van der Waals surface area contributed by atoms with Gasteiger partial charge in [-0.3, -0.25) is 4.79 Å². The van der Waals surface area contributed by atoms with Crippen molar-refractivity contribution < 1.29 is 14.0 Å². The molecule has 0 radical (unpaired) electrons. The number of carbonyl (C=O) groups excluding carboxylic acids is 2. The third-order valence-electron chi connectivity index (χ3n) is 5.68. The fourth-order valence-electron chi connectivity index (χ4n) is 3.62. The lowest BCUT2D eigenvalue weighted by molar-refractivity contribution is -0.130. The monoisotopic (exact) mass is 427 g/mol. The van der Waals surface area contributed by atoms with Crippen LogP contribution in [0.25, 0.3) is 28.1 Å². The quantitative estimate of drug-likeness (QED) is 0.379. The van der Waals surface area contributed by atoms with Crippen LogP contribution in [0.1, 0.15) is 25.8 Å². The number of rotatable bonds is 5. The Labute approximate surface area is 184 Å². The molecule has 160 valence electrons. The number of imide groups is 1. The molecule has 1 aliphatic rings. The third-order valence-corrected chi connectivity index (χ3v) is 5.68. The van der Waals surface area contributed by atoms with Crippen LogP contribution in [0.4, 0.5) is 4.79 Å². The Morgan fingerprint density at radius 3 is 2.59 bits per heavy atom. The SMILES string of the molecule is CCC1(C)NC(=O)N(/N=C/c2cn(-c3ccccc3)nc2-c2cc3ccccc3o2)C1=O. The van der Waals surface area contributed by atoms with E-state index in [1.807, 2.05) is 67.6 Å². The van der Waals surface area contributed by atoms with Crippen molar-refractivity contribution in [1.82, 2.24) is 20.1 Å². The molecular formula is C24H21N5O3. The van der Waals surface area contributed by atoms with Gasteiger partial charge in [0, 0.05) is 17.1 Å². The Bertz CT molecular complexity index is 1320. The Hall–Kier alpha value is -4.20. The maximum atomic E-state index is 12.7. The number of benzene rings is 2. The summed E-state index contributed by atoms with van der Waals surface area (Å²) in [6.07, 6.45) is 3.73. The van der Waals surface area contributed by atoms with Crippen molar-refractivity contribution in [2.45, 2.75) is 25.8 Å². The van der Waals surface area contributed by atoms with Crippen LogP contribution in [0.3, 0.4) is 0 Å². The van der Waals surface area contributed by atoms with Gasteiger partial charge in [-0.1, -0.05) is 43.3 Å². The summed E-state index contributed by atoms with van der Waals surface area (Å²) in [5.74, 6) is 0.180. The van der Waals surface area contributed by atoms with Crippen LogP contribution in [-0.4, -0.2) is 38.5 Å². The van der Waals surface area contributed by atoms with Gasteiger partial charge in [-0.2, -0.15) is 10.2 Å². The highest BCUT2D eigenvalue weighted by Crippen LogP contribution is 2.29. The van der Waals surface area contributed by atoms with Crippen molar-refractivity contribution in [2.75, 3.05) is 0 Å². The number of aromatic nitrogens is 2. The average Bonchev–Trinajstić information content (AvgIpc) is 3.48. The number of hydrazone groups is 1. The number of para-hydroxylation sites is 2. The molecule has 0 aliphatic carbocycles. The van der Waals surface area contributed by atoms with Crippen LogP contribution in [0.15, 0.2) is 76.4 Å². The zero-order valence-corrected chi connectivity index (χ0v) is 17.6. The minimum Gasteiger partial charge on any atom is -0.454 e. The molecule has 3 amide bonds. The summed E-state index contributed by atoms with van der Waals surface area (Å²) in [6, 6.07) is 18.7. The highest BCUT2D eigenvalue weighted by Gasteiger charge is 2.46. The van der Waals surface area contributed by atoms with E-state index >= 15 is 0 Å². The number of hydrogen-bond acceptors (Lipinski definition) is 5. The molecule has 8 heteroatoms. The Balaban J connectivity index is 1.58. The smallest absolute Gasteiger partial charge is 0.346 e. The Morgan fingerprint density at radius 2 is 1.88 bits per heavy atom. The number of fused-ring (bicyclic) bond motifs is 1. The first kappa shape index (κ1) is 19.7. The molecule has 5 rings (SSSR count). The molecule has 1 saturated heterocycles. The average molecular weight is 427 g/mol. The second-order valence-electron chi connectivity index (χ2n) is 7.84. The van der Waals surface area contributed by atoms with E-state index in [1.54, 1.807) is 17.8 Å². The molecule has 1 unspecified atom stereocenters. The summed E-state index contributed by atoms with van der Waals surface area (Å²) in [7, 11) is 0. The summed E-state index contributed by atoms with van der Waals surface area (Å²) in [4.78, 5) is 25.0. The number of furan rings is 1. The molecule has 32 heavy (non-hydrogen) atoms. The van der Waals surface area contributed by atoms with Gasteiger partial charge >= 0.3 is 6.03 Å². The molecule has 0 saturated carbocycles. The Morgan fingerprint density at radius 1 is 1.12 bits per heavy atom. The van der Waals surface area contributed by atoms with Gasteiger partial charge in [0.2, 0.25) is 0 Å². The molecule has 1 atom stereocenters. The van der Waals surface area contributed by atoms with E-state index in [1.165, 1.54) is 6.21 Å². The molecule has 2 aromatic carbocycles. The largest absolute Gasteiger partial charge is 0.454 e. The maximum absolute atomic E-state index is 12.7. The van der Waals surface area contributed by atoms with Crippen LogP contribution in [0.5, 0.6) is 0 Å². The normalized spacial score (nSPS) is 18.8. The van der Waals surface area contributed by atoms with Crippen molar-refractivity contribution in [3.05, 3.63) is 72.4 Å². The zero-order valence-electron chi connectivity index (χ0n) is 17.6. The second-order valence-corrected chi connectivity index (χ2v) is 7.84. The fraction of sp³-hybridized carbons (Fsp3) is 0.167. The first-order valence-electron chi connectivity index (χ1n) is 10.3. The number of amides is 3. The lowest BCUT2D eigenvalue weighted by Gasteiger charge is -2.17. The predicted molar refractivity (Wildman–Crippen MR) is 120 cm³/mol. The lowest BCUT2D eigenvalue weighted by atomic mass is 10.00. The van der Waals surface area contributed by atoms with E-state index in [0.717, 1.165) is 21.7 Å². The van der Waals surface area contributed by atoms with E-state index in [9.17, 15) is 9.59 Å². The highest BCUT2D eigenvalue weighted by molar-refractivity contribution is 6.07. The van der Waals surface area contributed by atoms with Crippen molar-refractivity contribution in [3.63, 3.8) is 0 Å². The van der Waals surface area contributed by atoms with Gasteiger partial charge in [-0.25, -0.2) is 9.48 Å². The fourth-order valence-corrected chi connectivity index (χ4v) is 3.62. The van der Waals surface area contributed by atoms with Crippen molar-refractivity contribution >= 4 is 29.1 Å². The van der Waals surface area contributed by atoms with Gasteiger partial charge in [-0.05, 0) is 37.6 Å². The summed E-state index contributed by atoms with van der Waals surface area (Å²) in [5.41, 5.74) is 1.81. The molecule has 3 heterocycles. The van der Waals surface area contributed by atoms with E-state index < -0.39 is 11.6 Å². The van der Waals surface area contributed by atoms with Crippen LogP contribution < -0.4 is 5.32 Å². The zero-order chi connectivity index (χ0) is 22.3. The first-order valence-corrected chi connectivity index (χ1v) is 10.3. The number of nitrogens with one attached hydrogen (secondary N) is 1. The number of hydrogen-bond donors (Lipinski definition) is 1. The molecule has 1 aliphatic heterocycles. The minimum atomic E-state index is -0.954. The standard InChI is InChI=1S/C24H21N5O3/c1-3-24(2)22(30)29(23(31)26-24)25-14-17-15-28(18-10-5-4-6-11-18)27-21(17)20-13-16-9-7-8-12-19(16)32-20/h4-15H,3H2,1-2H3,(H,26,31)/b25-14+. The van der Waals surface area contributed by atoms with Gasteiger partial charge in [0.05, 0.1) is 11.9 Å². The van der Waals surface area contributed by atoms with Crippen molar-refractivity contribution in [2.24, 2.45) is 5.10 Å². The number of carbonyl (C=O) groups is 2. The Kier molecular flexibility index (Phi) is 4.62. The molecule has 8 nitrogen and oxygen atoms in total. The number of nitrogens with zero attached hydrogens (tertiary/aromatic N) is 4. The van der Waals surface area contributed by atoms with Crippen LogP contribution in [-0.2, 0) is 4.79 Å². The predicted octanol–water partition coefficient (Wildman–Crippen LogP) is 4.34. The van der Waals surface area contributed by atoms with Crippen molar-refractivity contribution in [3.8, 4) is 17.1 Å². The van der Waals surface area contributed by atoms with Crippen LogP contribution in [0.2, 0.25) is 0 Å². The lowest BCUT2D eigenvalue weighted by Crippen LogP contribution is -2.42. The van der Waals surface area contributed by atoms with Gasteiger partial charge in [0.15, 0.2) is 5.76 Å². The summed E-state index contributed by atoms with van der Waals surface area (Å²) in [5, 5.41) is 13.4. The van der Waals surface area contributed by atoms with E-state index in [2.05, 4.69) is 10.4 Å². The first-order chi connectivity index (χ1) is 15.5. The molecule has 2 aromatic heterocycles. The maximum Gasteiger partial charge on any atom is 0.346 e. The van der Waals surface area contributed by atoms with Crippen molar-refractivity contribution in [1.29, 1.82) is 0 Å². The third kappa shape index (κ3) is 3.26. The van der Waals surface area contributed by atoms with Crippen LogP contribution in [0, 0.1) is 0 Å². The second kappa shape index (κ2) is 7.49. The summed E-state index contributed by atoms with van der Waals surface area (Å²) < 4.78 is 7.73. The molecular weight excluding hydrogens is 406 g/mol. The van der Waals surface area contributed by atoms with Crippen LogP contribution >= 0.6 is 0 Å². The van der Waals surface area contributed by atoms with Gasteiger partial charge in [0.1, 0.15) is 16.8 Å². The summed E-state index contributed by atoms with van der Waals surface area (Å²) in [6.45, 7) is 3.53. The van der Waals surface area contributed by atoms with Gasteiger partial charge in [-0.15, -0.1) is 5.01 Å². The molecule has 1 N–H and O–H groups in total.